The molecule has 1 aliphatic heterocycles. The van der Waals surface area contributed by atoms with Gasteiger partial charge in [-0.2, -0.15) is 0 Å². The normalized spacial score (nSPS) is 16.2. The second-order valence-electron chi connectivity index (χ2n) is 9.57. The molecular weight excluding hydrogens is 542 g/mol. The standard InChI is InChI=1S/C32H30ClN3O5/c1-2-40-27-19-24(11-14-26(27)41-20-22-7-4-3-5-8-22)29-28(30(37)23-9-12-25(33)13-10-23)31(38)32(39)36(29)17-6-16-35-18-15-34-21-35/h3-5,7-15,18-19,21,29,37H,2,6,16-17,20H2,1H3/b30-28+. The van der Waals surface area contributed by atoms with Gasteiger partial charge in [0, 0.05) is 36.1 Å². The Morgan fingerprint density at radius 1 is 0.976 bits per heavy atom. The van der Waals surface area contributed by atoms with Crippen molar-refractivity contribution in [3.63, 3.8) is 0 Å². The van der Waals surface area contributed by atoms with Crippen molar-refractivity contribution in [1.82, 2.24) is 14.5 Å². The van der Waals surface area contributed by atoms with Crippen LogP contribution < -0.4 is 9.47 Å². The van der Waals surface area contributed by atoms with Gasteiger partial charge in [-0.1, -0.05) is 48.0 Å². The molecule has 1 aliphatic rings. The van der Waals surface area contributed by atoms with E-state index in [0.717, 1.165) is 5.56 Å². The number of nitrogens with zero attached hydrogens (tertiary/aromatic N) is 3. The molecule has 210 valence electrons. The van der Waals surface area contributed by atoms with E-state index in [4.69, 9.17) is 21.1 Å². The molecule has 1 amide bonds. The molecule has 0 spiro atoms. The molecule has 0 aliphatic carbocycles. The van der Waals surface area contributed by atoms with E-state index >= 15 is 0 Å². The number of carbonyl (C=O) groups excluding carboxylic acids is 2. The molecule has 3 aromatic carbocycles. The van der Waals surface area contributed by atoms with E-state index in [9.17, 15) is 14.7 Å². The van der Waals surface area contributed by atoms with Gasteiger partial charge in [0.1, 0.15) is 12.4 Å². The van der Waals surface area contributed by atoms with Crippen LogP contribution in [0.2, 0.25) is 5.02 Å². The van der Waals surface area contributed by atoms with Crippen LogP contribution in [0.4, 0.5) is 0 Å². The van der Waals surface area contributed by atoms with E-state index in [1.807, 2.05) is 48.0 Å². The number of benzene rings is 3. The van der Waals surface area contributed by atoms with Crippen molar-refractivity contribution in [2.45, 2.75) is 32.5 Å². The summed E-state index contributed by atoms with van der Waals surface area (Å²) < 4.78 is 13.9. The molecule has 41 heavy (non-hydrogen) atoms. The number of aromatic nitrogens is 2. The minimum atomic E-state index is -0.823. The molecule has 1 N–H and O–H groups in total. The molecular formula is C32H30ClN3O5. The average molecular weight is 572 g/mol. The first-order chi connectivity index (χ1) is 20.0. The Morgan fingerprint density at radius 2 is 1.76 bits per heavy atom. The van der Waals surface area contributed by atoms with Gasteiger partial charge in [-0.05, 0) is 60.9 Å². The maximum atomic E-state index is 13.4. The van der Waals surface area contributed by atoms with Crippen molar-refractivity contribution < 1.29 is 24.2 Å². The van der Waals surface area contributed by atoms with Gasteiger partial charge in [0.2, 0.25) is 0 Å². The van der Waals surface area contributed by atoms with Crippen molar-refractivity contribution in [3.05, 3.63) is 119 Å². The van der Waals surface area contributed by atoms with Crippen LogP contribution in [-0.4, -0.2) is 44.4 Å². The third-order valence-electron chi connectivity index (χ3n) is 6.85. The van der Waals surface area contributed by atoms with Gasteiger partial charge in [-0.15, -0.1) is 0 Å². The molecule has 9 heteroatoms. The summed E-state index contributed by atoms with van der Waals surface area (Å²) in [5.41, 5.74) is 2.04. The van der Waals surface area contributed by atoms with E-state index in [1.54, 1.807) is 55.0 Å². The van der Waals surface area contributed by atoms with E-state index in [2.05, 4.69) is 4.98 Å². The van der Waals surface area contributed by atoms with Crippen molar-refractivity contribution in [1.29, 1.82) is 0 Å². The number of ether oxygens (including phenoxy) is 2. The van der Waals surface area contributed by atoms with Gasteiger partial charge in [0.05, 0.1) is 24.5 Å². The lowest BCUT2D eigenvalue weighted by molar-refractivity contribution is -0.139. The first kappa shape index (κ1) is 28.0. The number of hydrogen-bond acceptors (Lipinski definition) is 6. The van der Waals surface area contributed by atoms with Crippen LogP contribution in [-0.2, 0) is 22.7 Å². The molecule has 5 rings (SSSR count). The largest absolute Gasteiger partial charge is 0.507 e. The molecule has 1 saturated heterocycles. The maximum absolute atomic E-state index is 13.4. The zero-order valence-corrected chi connectivity index (χ0v) is 23.3. The zero-order chi connectivity index (χ0) is 28.8. The average Bonchev–Trinajstić information content (AvgIpc) is 3.59. The van der Waals surface area contributed by atoms with Crippen molar-refractivity contribution in [2.75, 3.05) is 13.2 Å². The second-order valence-corrected chi connectivity index (χ2v) is 10.0. The van der Waals surface area contributed by atoms with Gasteiger partial charge < -0.3 is 24.0 Å². The Kier molecular flexibility index (Phi) is 8.70. The zero-order valence-electron chi connectivity index (χ0n) is 22.6. The van der Waals surface area contributed by atoms with Crippen molar-refractivity contribution in [3.8, 4) is 11.5 Å². The highest BCUT2D eigenvalue weighted by Crippen LogP contribution is 2.42. The summed E-state index contributed by atoms with van der Waals surface area (Å²) in [7, 11) is 0. The lowest BCUT2D eigenvalue weighted by Crippen LogP contribution is -2.31. The summed E-state index contributed by atoms with van der Waals surface area (Å²) in [5.74, 6) is -0.652. The van der Waals surface area contributed by atoms with E-state index in [0.29, 0.717) is 60.4 Å². The number of amides is 1. The number of ketones is 1. The predicted molar refractivity (Wildman–Crippen MR) is 156 cm³/mol. The summed E-state index contributed by atoms with van der Waals surface area (Å²) in [6.45, 7) is 3.52. The minimum Gasteiger partial charge on any atom is -0.507 e. The van der Waals surface area contributed by atoms with Gasteiger partial charge in [-0.3, -0.25) is 9.59 Å². The summed E-state index contributed by atoms with van der Waals surface area (Å²) in [6, 6.07) is 20.8. The number of aliphatic hydroxyl groups excluding tert-OH is 1. The van der Waals surface area contributed by atoms with E-state index in [-0.39, 0.29) is 11.3 Å². The number of hydrogen-bond donors (Lipinski definition) is 1. The number of rotatable bonds is 11. The van der Waals surface area contributed by atoms with Crippen LogP contribution in [0.3, 0.4) is 0 Å². The number of aryl methyl sites for hydroxylation is 1. The van der Waals surface area contributed by atoms with Crippen molar-refractivity contribution in [2.24, 2.45) is 0 Å². The number of aliphatic hydroxyl groups is 1. The Balaban J connectivity index is 1.52. The van der Waals surface area contributed by atoms with Gasteiger partial charge in [0.25, 0.3) is 11.7 Å². The van der Waals surface area contributed by atoms with Crippen LogP contribution in [0.25, 0.3) is 5.76 Å². The smallest absolute Gasteiger partial charge is 0.295 e. The van der Waals surface area contributed by atoms with Gasteiger partial charge in [0.15, 0.2) is 11.5 Å². The molecule has 0 bridgehead atoms. The topological polar surface area (TPSA) is 93.9 Å². The third-order valence-corrected chi connectivity index (χ3v) is 7.10. The lowest BCUT2D eigenvalue weighted by atomic mass is 9.95. The van der Waals surface area contributed by atoms with Crippen LogP contribution in [0.15, 0.2) is 97.1 Å². The Hall–Kier alpha value is -4.56. The molecule has 0 saturated carbocycles. The number of halogens is 1. The Bertz CT molecular complexity index is 1540. The van der Waals surface area contributed by atoms with E-state index in [1.165, 1.54) is 4.90 Å². The van der Waals surface area contributed by atoms with Crippen molar-refractivity contribution >= 4 is 29.1 Å². The van der Waals surface area contributed by atoms with Crippen LogP contribution in [0.1, 0.15) is 36.1 Å². The first-order valence-electron chi connectivity index (χ1n) is 13.4. The molecule has 2 heterocycles. The predicted octanol–water partition coefficient (Wildman–Crippen LogP) is 6.03. The number of carbonyl (C=O) groups is 2. The molecule has 8 nitrogen and oxygen atoms in total. The van der Waals surface area contributed by atoms with Gasteiger partial charge >= 0.3 is 0 Å². The molecule has 1 aromatic heterocycles. The number of imidazole rings is 1. The third kappa shape index (κ3) is 6.28. The highest BCUT2D eigenvalue weighted by molar-refractivity contribution is 6.46. The molecule has 1 atom stereocenters. The minimum absolute atomic E-state index is 0.0142. The van der Waals surface area contributed by atoms with Crippen LogP contribution >= 0.6 is 11.6 Å². The first-order valence-corrected chi connectivity index (χ1v) is 13.8. The number of likely N-dealkylation sites (tertiary alicyclic amines) is 1. The van der Waals surface area contributed by atoms with E-state index < -0.39 is 17.7 Å². The Labute approximate surface area is 243 Å². The summed E-state index contributed by atoms with van der Waals surface area (Å²) in [6.07, 6.45) is 5.82. The fourth-order valence-electron chi connectivity index (χ4n) is 4.88. The monoisotopic (exact) mass is 571 g/mol. The van der Waals surface area contributed by atoms with Gasteiger partial charge in [-0.25, -0.2) is 4.98 Å². The highest BCUT2D eigenvalue weighted by atomic mass is 35.5. The maximum Gasteiger partial charge on any atom is 0.295 e. The number of Topliss-reactive ketones (excluding diaryl/α,β-unsaturated/α-hetero) is 1. The Morgan fingerprint density at radius 3 is 2.46 bits per heavy atom. The summed E-state index contributed by atoms with van der Waals surface area (Å²) in [4.78, 5) is 32.3. The highest BCUT2D eigenvalue weighted by Gasteiger charge is 2.46. The molecule has 1 unspecified atom stereocenters. The SMILES string of the molecule is CCOc1cc(C2/C(=C(\O)c3ccc(Cl)cc3)C(=O)C(=O)N2CCCn2ccnc2)ccc1OCc1ccccc1. The van der Waals surface area contributed by atoms with Crippen LogP contribution in [0, 0.1) is 0 Å². The summed E-state index contributed by atoms with van der Waals surface area (Å²) in [5, 5.41) is 11.8. The molecule has 4 aromatic rings. The fraction of sp³-hybridized carbons (Fsp3) is 0.219. The fourth-order valence-corrected chi connectivity index (χ4v) is 5.01. The second kappa shape index (κ2) is 12.7. The molecule has 0 radical (unpaired) electrons. The lowest BCUT2D eigenvalue weighted by Gasteiger charge is -2.26. The molecule has 1 fully saturated rings. The summed E-state index contributed by atoms with van der Waals surface area (Å²) >= 11 is 6.04. The van der Waals surface area contributed by atoms with Crippen LogP contribution in [0.5, 0.6) is 11.5 Å². The quantitative estimate of drug-likeness (QED) is 0.134.